The predicted octanol–water partition coefficient (Wildman–Crippen LogP) is 3.49. The maximum atomic E-state index is 13.0. The third kappa shape index (κ3) is 4.71. The minimum Gasteiger partial charge on any atom is -0.486 e. The van der Waals surface area contributed by atoms with Gasteiger partial charge in [-0.3, -0.25) is 4.79 Å². The van der Waals surface area contributed by atoms with Crippen LogP contribution in [-0.4, -0.2) is 53.5 Å². The number of pyridine rings is 1. The number of hydrogen-bond donors (Lipinski definition) is 2. The molecule has 0 unspecified atom stereocenters. The van der Waals surface area contributed by atoms with Gasteiger partial charge in [0.2, 0.25) is 0 Å². The van der Waals surface area contributed by atoms with Gasteiger partial charge in [0.1, 0.15) is 13.2 Å². The van der Waals surface area contributed by atoms with Crippen LogP contribution in [0.4, 0.5) is 0 Å². The Bertz CT molecular complexity index is 1030. The molecule has 3 heterocycles. The molecule has 1 saturated carbocycles. The van der Waals surface area contributed by atoms with Gasteiger partial charge in [-0.25, -0.2) is 0 Å². The van der Waals surface area contributed by atoms with Crippen molar-refractivity contribution in [2.75, 3.05) is 26.4 Å². The Morgan fingerprint density at radius 2 is 1.81 bits per heavy atom. The van der Waals surface area contributed by atoms with Crippen molar-refractivity contribution in [1.82, 2.24) is 15.2 Å². The predicted molar refractivity (Wildman–Crippen MR) is 128 cm³/mol. The zero-order valence-corrected chi connectivity index (χ0v) is 19.2. The van der Waals surface area contributed by atoms with Crippen LogP contribution in [0.5, 0.6) is 11.5 Å². The SMILES string of the molecule is O=c1[nH]c2cc3c(cc2cc1CN(C(=S)NC[C@H]1CCCO1)C1CCCCC1)OCCO3. The zero-order valence-electron chi connectivity index (χ0n) is 18.4. The van der Waals surface area contributed by atoms with Crippen LogP contribution in [0, 0.1) is 0 Å². The highest BCUT2D eigenvalue weighted by Gasteiger charge is 2.26. The number of nitrogens with zero attached hydrogens (tertiary/aromatic N) is 1. The Morgan fingerprint density at radius 1 is 1.03 bits per heavy atom. The Labute approximate surface area is 193 Å². The third-order valence-corrected chi connectivity index (χ3v) is 7.08. The molecule has 1 aromatic carbocycles. The summed E-state index contributed by atoms with van der Waals surface area (Å²) in [6.07, 6.45) is 8.27. The monoisotopic (exact) mass is 457 g/mol. The Balaban J connectivity index is 1.39. The Hall–Kier alpha value is -2.32. The summed E-state index contributed by atoms with van der Waals surface area (Å²) in [7, 11) is 0. The number of thiocarbonyl (C=S) groups is 1. The molecule has 2 aliphatic heterocycles. The number of aromatic nitrogens is 1. The molecule has 0 bridgehead atoms. The third-order valence-electron chi connectivity index (χ3n) is 6.71. The second kappa shape index (κ2) is 9.67. The molecule has 2 fully saturated rings. The van der Waals surface area contributed by atoms with E-state index in [4.69, 9.17) is 26.4 Å². The van der Waals surface area contributed by atoms with E-state index in [-0.39, 0.29) is 11.7 Å². The summed E-state index contributed by atoms with van der Waals surface area (Å²) in [6, 6.07) is 6.11. The average Bonchev–Trinajstić information content (AvgIpc) is 3.34. The van der Waals surface area contributed by atoms with E-state index in [1.807, 2.05) is 18.2 Å². The van der Waals surface area contributed by atoms with Gasteiger partial charge in [-0.15, -0.1) is 0 Å². The summed E-state index contributed by atoms with van der Waals surface area (Å²) in [4.78, 5) is 18.2. The number of benzene rings is 1. The van der Waals surface area contributed by atoms with Crippen LogP contribution >= 0.6 is 12.2 Å². The lowest BCUT2D eigenvalue weighted by atomic mass is 9.94. The van der Waals surface area contributed by atoms with Crippen LogP contribution < -0.4 is 20.3 Å². The van der Waals surface area contributed by atoms with E-state index >= 15 is 0 Å². The highest BCUT2D eigenvalue weighted by Crippen LogP contribution is 2.34. The van der Waals surface area contributed by atoms with E-state index in [1.165, 1.54) is 19.3 Å². The fraction of sp³-hybridized carbons (Fsp3) is 0.583. The van der Waals surface area contributed by atoms with E-state index in [9.17, 15) is 4.79 Å². The van der Waals surface area contributed by atoms with E-state index in [0.29, 0.717) is 42.2 Å². The molecular weight excluding hydrogens is 426 g/mol. The van der Waals surface area contributed by atoms with E-state index in [2.05, 4.69) is 15.2 Å². The van der Waals surface area contributed by atoms with Gasteiger partial charge in [-0.05, 0) is 50.0 Å². The van der Waals surface area contributed by atoms with Crippen LogP contribution in [0.3, 0.4) is 0 Å². The van der Waals surface area contributed by atoms with Gasteiger partial charge in [-0.1, -0.05) is 19.3 Å². The summed E-state index contributed by atoms with van der Waals surface area (Å²) < 4.78 is 17.1. The van der Waals surface area contributed by atoms with E-state index in [1.54, 1.807) is 0 Å². The first kappa shape index (κ1) is 21.5. The highest BCUT2D eigenvalue weighted by molar-refractivity contribution is 7.80. The largest absolute Gasteiger partial charge is 0.486 e. The molecule has 0 radical (unpaired) electrons. The first-order valence-corrected chi connectivity index (χ1v) is 12.2. The van der Waals surface area contributed by atoms with Crippen molar-refractivity contribution in [3.63, 3.8) is 0 Å². The Morgan fingerprint density at radius 3 is 2.56 bits per heavy atom. The number of H-pyrrole nitrogens is 1. The molecule has 1 aromatic heterocycles. The van der Waals surface area contributed by atoms with Crippen molar-refractivity contribution in [2.24, 2.45) is 0 Å². The molecule has 1 aliphatic carbocycles. The van der Waals surface area contributed by atoms with Crippen LogP contribution in [0.1, 0.15) is 50.5 Å². The minimum atomic E-state index is -0.0862. The summed E-state index contributed by atoms with van der Waals surface area (Å²) in [6.45, 7) is 3.10. The van der Waals surface area contributed by atoms with Gasteiger partial charge in [-0.2, -0.15) is 0 Å². The van der Waals surface area contributed by atoms with Crippen LogP contribution in [0.2, 0.25) is 0 Å². The van der Waals surface area contributed by atoms with Crippen LogP contribution in [-0.2, 0) is 11.3 Å². The normalized spacial score (nSPS) is 20.9. The minimum absolute atomic E-state index is 0.0862. The van der Waals surface area contributed by atoms with Crippen molar-refractivity contribution in [3.05, 3.63) is 34.1 Å². The van der Waals surface area contributed by atoms with Gasteiger partial charge in [0.15, 0.2) is 16.6 Å². The quantitative estimate of drug-likeness (QED) is 0.666. The molecule has 2 aromatic rings. The molecule has 3 aliphatic rings. The lowest BCUT2D eigenvalue weighted by Gasteiger charge is -2.36. The lowest BCUT2D eigenvalue weighted by molar-refractivity contribution is 0.112. The van der Waals surface area contributed by atoms with Crippen molar-refractivity contribution < 1.29 is 14.2 Å². The maximum absolute atomic E-state index is 13.0. The number of rotatable bonds is 5. The number of ether oxygens (including phenoxy) is 3. The smallest absolute Gasteiger partial charge is 0.253 e. The molecule has 5 rings (SSSR count). The van der Waals surface area contributed by atoms with Gasteiger partial charge in [0, 0.05) is 36.2 Å². The standard InChI is InChI=1S/C24H31N3O4S/c28-23-17(11-16-12-21-22(13-20(16)26-23)31-10-9-30-21)15-27(18-5-2-1-3-6-18)24(32)25-14-19-7-4-8-29-19/h11-13,18-19H,1-10,14-15H2,(H,25,32)(H,26,28)/t19-/m1/s1. The van der Waals surface area contributed by atoms with E-state index < -0.39 is 0 Å². The first-order valence-electron chi connectivity index (χ1n) is 11.8. The number of hydrogen-bond acceptors (Lipinski definition) is 5. The van der Waals surface area contributed by atoms with Gasteiger partial charge in [0.05, 0.1) is 18.2 Å². The second-order valence-corrected chi connectivity index (χ2v) is 9.33. The Kier molecular flexibility index (Phi) is 6.50. The molecule has 1 atom stereocenters. The number of aromatic amines is 1. The summed E-state index contributed by atoms with van der Waals surface area (Å²) in [5.74, 6) is 1.40. The maximum Gasteiger partial charge on any atom is 0.253 e. The van der Waals surface area contributed by atoms with Gasteiger partial charge < -0.3 is 29.4 Å². The molecule has 7 nitrogen and oxygen atoms in total. The molecule has 0 amide bonds. The molecular formula is C24H31N3O4S. The summed E-state index contributed by atoms with van der Waals surface area (Å²) in [5.41, 5.74) is 1.38. The fourth-order valence-electron chi connectivity index (χ4n) is 4.96. The molecule has 2 N–H and O–H groups in total. The van der Waals surface area contributed by atoms with E-state index in [0.717, 1.165) is 55.5 Å². The van der Waals surface area contributed by atoms with Crippen molar-refractivity contribution in [2.45, 2.75) is 63.6 Å². The topological polar surface area (TPSA) is 75.8 Å². The van der Waals surface area contributed by atoms with Gasteiger partial charge in [0.25, 0.3) is 5.56 Å². The molecule has 0 spiro atoms. The number of fused-ring (bicyclic) bond motifs is 2. The van der Waals surface area contributed by atoms with Crippen LogP contribution in [0.15, 0.2) is 23.0 Å². The van der Waals surface area contributed by atoms with Crippen molar-refractivity contribution in [1.29, 1.82) is 0 Å². The first-order chi connectivity index (χ1) is 15.7. The zero-order chi connectivity index (χ0) is 21.9. The average molecular weight is 458 g/mol. The van der Waals surface area contributed by atoms with Crippen molar-refractivity contribution >= 4 is 28.2 Å². The highest BCUT2D eigenvalue weighted by atomic mass is 32.1. The summed E-state index contributed by atoms with van der Waals surface area (Å²) >= 11 is 5.82. The molecule has 1 saturated heterocycles. The lowest BCUT2D eigenvalue weighted by Crippen LogP contribution is -2.48. The molecule has 8 heteroatoms. The van der Waals surface area contributed by atoms with Gasteiger partial charge >= 0.3 is 0 Å². The molecule has 172 valence electrons. The van der Waals surface area contributed by atoms with Crippen molar-refractivity contribution in [3.8, 4) is 11.5 Å². The molecule has 32 heavy (non-hydrogen) atoms. The fourth-order valence-corrected chi connectivity index (χ4v) is 5.25. The summed E-state index contributed by atoms with van der Waals surface area (Å²) in [5, 5.41) is 5.08. The number of nitrogens with one attached hydrogen (secondary N) is 2. The van der Waals surface area contributed by atoms with Crippen LogP contribution in [0.25, 0.3) is 10.9 Å². The second-order valence-electron chi connectivity index (χ2n) is 8.95.